The van der Waals surface area contributed by atoms with Gasteiger partial charge in [0.25, 0.3) is 0 Å². The van der Waals surface area contributed by atoms with Crippen LogP contribution in [0.3, 0.4) is 0 Å². The van der Waals surface area contributed by atoms with Gasteiger partial charge in [0, 0.05) is 4.57 Å². The quantitative estimate of drug-likeness (QED) is 0.489. The van der Waals surface area contributed by atoms with E-state index in [-0.39, 0.29) is 0 Å². The van der Waals surface area contributed by atoms with Crippen LogP contribution in [0.15, 0.2) is 0 Å². The maximum absolute atomic E-state index is 10.4. The second kappa shape index (κ2) is 4.02. The van der Waals surface area contributed by atoms with Gasteiger partial charge < -0.3 is 4.89 Å². The van der Waals surface area contributed by atoms with Gasteiger partial charge in [-0.2, -0.15) is 4.31 Å². The summed E-state index contributed by atoms with van der Waals surface area (Å²) in [4.78, 5) is 24.5. The van der Waals surface area contributed by atoms with Crippen LogP contribution in [0, 0.1) is 0 Å². The third-order valence-electron chi connectivity index (χ3n) is 0.393. The SMILES string of the molecule is NP(=O)(O)OP(=O)(O)O[P+](=O)O. The average Bonchev–Trinajstić information content (AvgIpc) is 1.48. The summed E-state index contributed by atoms with van der Waals surface area (Å²) in [7, 11) is -13.2. The fourth-order valence-electron chi connectivity index (χ4n) is 0.251. The third kappa shape index (κ3) is 7.00. The van der Waals surface area contributed by atoms with Crippen molar-refractivity contribution in [1.29, 1.82) is 0 Å². The first kappa shape index (κ1) is 12.3. The number of hydrogen-bond acceptors (Lipinski definition) is 5. The summed E-state index contributed by atoms with van der Waals surface area (Å²) in [5, 5.41) is 0. The second-order valence-corrected chi connectivity index (χ2v) is 5.28. The van der Waals surface area contributed by atoms with Crippen molar-refractivity contribution in [3.8, 4) is 0 Å². The number of hydrogen-bond donors (Lipinski definition) is 4. The standard InChI is InChI=1S/H4NO8P3/c1-11(4,5)9-12(6,7)8-10(2)3/h(H4-,1,2,3,4,5,6,7)/p+1. The summed E-state index contributed by atoms with van der Waals surface area (Å²) in [5.74, 6) is 0. The molecule has 0 aromatic heterocycles. The van der Waals surface area contributed by atoms with Crippen LogP contribution in [0.5, 0.6) is 0 Å². The molecule has 0 saturated carbocycles. The Kier molecular flexibility index (Phi) is 4.13. The normalized spacial score (nSPS) is 22.5. The van der Waals surface area contributed by atoms with E-state index in [0.717, 1.165) is 0 Å². The predicted molar refractivity (Wildman–Crippen MR) is 35.8 cm³/mol. The molecule has 0 spiro atoms. The van der Waals surface area contributed by atoms with Gasteiger partial charge in [-0.25, -0.2) is 14.6 Å². The molecule has 0 saturated heterocycles. The van der Waals surface area contributed by atoms with E-state index in [1.54, 1.807) is 0 Å². The average molecular weight is 240 g/mol. The fraction of sp³-hybridized carbons (Fsp3) is 0. The minimum Gasteiger partial charge on any atom is -0.312 e. The first-order valence-corrected chi connectivity index (χ1v) is 6.41. The Hall–Kier alpha value is 0.320. The van der Waals surface area contributed by atoms with E-state index in [1.807, 2.05) is 0 Å². The van der Waals surface area contributed by atoms with Crippen LogP contribution in [-0.4, -0.2) is 14.7 Å². The molecule has 12 heavy (non-hydrogen) atoms. The zero-order chi connectivity index (χ0) is 9.99. The van der Waals surface area contributed by atoms with Gasteiger partial charge in [0.2, 0.25) is 0 Å². The highest BCUT2D eigenvalue weighted by Crippen LogP contribution is 2.59. The van der Waals surface area contributed by atoms with Crippen molar-refractivity contribution in [1.82, 2.24) is 0 Å². The maximum atomic E-state index is 10.4. The number of rotatable bonds is 4. The van der Waals surface area contributed by atoms with Crippen LogP contribution in [0.4, 0.5) is 0 Å². The monoisotopic (exact) mass is 240 g/mol. The predicted octanol–water partition coefficient (Wildman–Crippen LogP) is -0.171. The second-order valence-electron chi connectivity index (χ2n) is 1.43. The molecule has 0 amide bonds. The van der Waals surface area contributed by atoms with Crippen molar-refractivity contribution >= 4 is 23.8 Å². The molecule has 0 aliphatic heterocycles. The van der Waals surface area contributed by atoms with Gasteiger partial charge in [-0.3, -0.25) is 4.89 Å². The van der Waals surface area contributed by atoms with Crippen LogP contribution in [0.2, 0.25) is 0 Å². The molecule has 0 fully saturated rings. The Morgan fingerprint density at radius 2 is 1.75 bits per heavy atom. The van der Waals surface area contributed by atoms with Gasteiger partial charge in [-0.15, -0.1) is 4.89 Å². The van der Waals surface area contributed by atoms with Gasteiger partial charge in [0.15, 0.2) is 0 Å². The molecule has 0 rings (SSSR count). The molecule has 3 atom stereocenters. The van der Waals surface area contributed by atoms with Crippen LogP contribution >= 0.6 is 23.8 Å². The Morgan fingerprint density at radius 1 is 1.33 bits per heavy atom. The lowest BCUT2D eigenvalue weighted by Gasteiger charge is -2.05. The van der Waals surface area contributed by atoms with Crippen molar-refractivity contribution in [2.75, 3.05) is 0 Å². The summed E-state index contributed by atoms with van der Waals surface area (Å²) >= 11 is 0. The molecule has 72 valence electrons. The van der Waals surface area contributed by atoms with Gasteiger partial charge in [0.05, 0.1) is 0 Å². The van der Waals surface area contributed by atoms with Crippen molar-refractivity contribution in [3.63, 3.8) is 0 Å². The molecule has 0 heterocycles. The van der Waals surface area contributed by atoms with Crippen LogP contribution in [0.25, 0.3) is 0 Å². The molecular weight excluding hydrogens is 235 g/mol. The first-order chi connectivity index (χ1) is 5.12. The molecule has 9 nitrogen and oxygen atoms in total. The van der Waals surface area contributed by atoms with Crippen LogP contribution in [-0.2, 0) is 22.3 Å². The van der Waals surface area contributed by atoms with E-state index in [4.69, 9.17) is 14.7 Å². The molecule has 0 bridgehead atoms. The van der Waals surface area contributed by atoms with E-state index in [9.17, 15) is 13.7 Å². The molecule has 0 aliphatic rings. The van der Waals surface area contributed by atoms with Gasteiger partial charge >= 0.3 is 23.8 Å². The lowest BCUT2D eigenvalue weighted by atomic mass is 13.9. The van der Waals surface area contributed by atoms with Crippen LogP contribution in [0.1, 0.15) is 0 Å². The lowest BCUT2D eigenvalue weighted by Crippen LogP contribution is -1.97. The molecule has 0 aromatic carbocycles. The summed E-state index contributed by atoms with van der Waals surface area (Å²) in [6.07, 6.45) is 0. The highest BCUT2D eigenvalue weighted by atomic mass is 31.3. The zero-order valence-electron chi connectivity index (χ0n) is 5.30. The molecule has 0 aliphatic carbocycles. The number of nitrogens with two attached hydrogens (primary N) is 1. The van der Waals surface area contributed by atoms with Crippen molar-refractivity contribution in [2.24, 2.45) is 5.50 Å². The minimum absolute atomic E-state index is 3.36. The van der Waals surface area contributed by atoms with Gasteiger partial charge in [-0.05, 0) is 4.31 Å². The first-order valence-electron chi connectivity index (χ1n) is 2.14. The summed E-state index contributed by atoms with van der Waals surface area (Å²) < 4.78 is 37.1. The lowest BCUT2D eigenvalue weighted by molar-refractivity contribution is 0.263. The third-order valence-corrected chi connectivity index (χ3v) is 3.54. The Bertz CT molecular complexity index is 261. The molecule has 0 aromatic rings. The van der Waals surface area contributed by atoms with E-state index >= 15 is 0 Å². The van der Waals surface area contributed by atoms with Gasteiger partial charge in [0.1, 0.15) is 0 Å². The highest BCUT2D eigenvalue weighted by molar-refractivity contribution is 7.65. The summed E-state index contributed by atoms with van der Waals surface area (Å²) in [6, 6.07) is 0. The molecule has 5 N–H and O–H groups in total. The zero-order valence-corrected chi connectivity index (χ0v) is 7.99. The van der Waals surface area contributed by atoms with Crippen molar-refractivity contribution in [2.45, 2.75) is 0 Å². The molecule has 0 radical (unpaired) electrons. The molecule has 12 heteroatoms. The minimum atomic E-state index is -5.04. The Balaban J connectivity index is 4.35. The van der Waals surface area contributed by atoms with E-state index < -0.39 is 23.8 Å². The topological polar surface area (TPSA) is 156 Å². The number of phosphoric acid groups is 1. The van der Waals surface area contributed by atoms with Crippen molar-refractivity contribution < 1.29 is 37.0 Å². The molecule has 3 unspecified atom stereocenters. The maximum Gasteiger partial charge on any atom is 0.705 e. The van der Waals surface area contributed by atoms with E-state index in [0.29, 0.717) is 0 Å². The van der Waals surface area contributed by atoms with E-state index in [2.05, 4.69) is 14.1 Å². The fourth-order valence-corrected chi connectivity index (χ4v) is 2.53. The Labute approximate surface area is 67.3 Å². The largest absolute Gasteiger partial charge is 0.705 e. The van der Waals surface area contributed by atoms with Crippen molar-refractivity contribution in [3.05, 3.63) is 0 Å². The highest BCUT2D eigenvalue weighted by Gasteiger charge is 2.40. The van der Waals surface area contributed by atoms with Crippen LogP contribution < -0.4 is 5.50 Å². The summed E-state index contributed by atoms with van der Waals surface area (Å²) in [6.45, 7) is 0. The molecular formula is H5NO8P3+. The smallest absolute Gasteiger partial charge is 0.312 e. The summed E-state index contributed by atoms with van der Waals surface area (Å²) in [5.41, 5.74) is 4.30. The van der Waals surface area contributed by atoms with Gasteiger partial charge in [-0.1, -0.05) is 0 Å². The van der Waals surface area contributed by atoms with E-state index in [1.165, 1.54) is 0 Å². The Morgan fingerprint density at radius 3 is 2.00 bits per heavy atom.